The van der Waals surface area contributed by atoms with E-state index in [4.69, 9.17) is 17.3 Å². The molecule has 0 unspecified atom stereocenters. The molecule has 1 aromatic heterocycles. The summed E-state index contributed by atoms with van der Waals surface area (Å²) in [5.41, 5.74) is 6.63. The molecule has 0 atom stereocenters. The minimum Gasteiger partial charge on any atom is -0.368 e. The summed E-state index contributed by atoms with van der Waals surface area (Å²) >= 11 is 9.16. The van der Waals surface area contributed by atoms with E-state index in [1.165, 1.54) is 0 Å². The van der Waals surface area contributed by atoms with Crippen LogP contribution in [0.2, 0.25) is 5.02 Å². The molecule has 0 saturated heterocycles. The zero-order valence-electron chi connectivity index (χ0n) is 8.82. The fourth-order valence-corrected chi connectivity index (χ4v) is 1.75. The summed E-state index contributed by atoms with van der Waals surface area (Å²) in [4.78, 5) is 7.96. The molecule has 0 aliphatic rings. The molecule has 0 amide bonds. The predicted molar refractivity (Wildman–Crippen MR) is 72.9 cm³/mol. The van der Waals surface area contributed by atoms with Crippen molar-refractivity contribution in [3.63, 3.8) is 0 Å². The Hall–Kier alpha value is -1.33. The molecule has 1 heterocycles. The van der Waals surface area contributed by atoms with Crippen molar-refractivity contribution in [2.75, 3.05) is 11.1 Å². The van der Waals surface area contributed by atoms with Gasteiger partial charge in [0.25, 0.3) is 0 Å². The summed E-state index contributed by atoms with van der Waals surface area (Å²) in [5, 5.41) is 3.89. The Labute approximate surface area is 112 Å². The van der Waals surface area contributed by atoms with Crippen molar-refractivity contribution in [2.45, 2.75) is 6.54 Å². The number of nitrogens with two attached hydrogens (primary N) is 1. The van der Waals surface area contributed by atoms with E-state index in [0.29, 0.717) is 12.4 Å². The first kappa shape index (κ1) is 12.1. The first-order chi connectivity index (χ1) is 8.15. The molecule has 6 heteroatoms. The van der Waals surface area contributed by atoms with Gasteiger partial charge in [-0.3, -0.25) is 0 Å². The number of nitrogens with zero attached hydrogens (tertiary/aromatic N) is 2. The van der Waals surface area contributed by atoms with E-state index in [2.05, 4.69) is 31.2 Å². The van der Waals surface area contributed by atoms with Crippen molar-refractivity contribution in [3.8, 4) is 0 Å². The SMILES string of the molecule is Nc1ncc(Br)c(NCc2ccc(Cl)cc2)n1. The second-order valence-electron chi connectivity index (χ2n) is 3.40. The molecular formula is C11H10BrClN4. The second-order valence-corrected chi connectivity index (χ2v) is 4.70. The van der Waals surface area contributed by atoms with Gasteiger partial charge < -0.3 is 11.1 Å². The normalized spacial score (nSPS) is 10.2. The van der Waals surface area contributed by atoms with Gasteiger partial charge in [0.05, 0.1) is 4.47 Å². The average Bonchev–Trinajstić information content (AvgIpc) is 2.32. The molecule has 0 aliphatic heterocycles. The van der Waals surface area contributed by atoms with Crippen LogP contribution in [0.1, 0.15) is 5.56 Å². The van der Waals surface area contributed by atoms with Crippen LogP contribution in [0, 0.1) is 0 Å². The van der Waals surface area contributed by atoms with Crippen LogP contribution < -0.4 is 11.1 Å². The number of halogens is 2. The molecule has 0 spiro atoms. The van der Waals surface area contributed by atoms with Crippen LogP contribution in [0.3, 0.4) is 0 Å². The summed E-state index contributed by atoms with van der Waals surface area (Å²) in [5.74, 6) is 0.916. The second kappa shape index (κ2) is 5.33. The van der Waals surface area contributed by atoms with Crippen molar-refractivity contribution >= 4 is 39.3 Å². The number of rotatable bonds is 3. The van der Waals surface area contributed by atoms with Gasteiger partial charge in [0.2, 0.25) is 5.95 Å². The maximum atomic E-state index is 5.81. The minimum atomic E-state index is 0.242. The zero-order chi connectivity index (χ0) is 12.3. The van der Waals surface area contributed by atoms with E-state index < -0.39 is 0 Å². The lowest BCUT2D eigenvalue weighted by Gasteiger charge is -2.07. The Morgan fingerprint density at radius 1 is 1.29 bits per heavy atom. The van der Waals surface area contributed by atoms with Gasteiger partial charge in [-0.25, -0.2) is 4.98 Å². The monoisotopic (exact) mass is 312 g/mol. The van der Waals surface area contributed by atoms with Crippen molar-refractivity contribution in [3.05, 3.63) is 45.5 Å². The number of anilines is 2. The fourth-order valence-electron chi connectivity index (χ4n) is 1.29. The average molecular weight is 314 g/mol. The van der Waals surface area contributed by atoms with E-state index in [9.17, 15) is 0 Å². The third-order valence-corrected chi connectivity index (χ3v) is 2.97. The standard InChI is InChI=1S/C11H10BrClN4/c12-9-6-16-11(14)17-10(9)15-5-7-1-3-8(13)4-2-7/h1-4,6H,5H2,(H3,14,15,16,17). The third-order valence-electron chi connectivity index (χ3n) is 2.14. The van der Waals surface area contributed by atoms with Crippen LogP contribution in [0.25, 0.3) is 0 Å². The number of aromatic nitrogens is 2. The fraction of sp³-hybridized carbons (Fsp3) is 0.0909. The van der Waals surface area contributed by atoms with Crippen LogP contribution >= 0.6 is 27.5 Å². The van der Waals surface area contributed by atoms with E-state index in [-0.39, 0.29) is 5.95 Å². The van der Waals surface area contributed by atoms with Gasteiger partial charge in [0, 0.05) is 17.8 Å². The molecule has 2 rings (SSSR count). The zero-order valence-corrected chi connectivity index (χ0v) is 11.2. The van der Waals surface area contributed by atoms with Crippen LogP contribution in [-0.2, 0) is 6.54 Å². The molecule has 0 aliphatic carbocycles. The lowest BCUT2D eigenvalue weighted by atomic mass is 10.2. The first-order valence-electron chi connectivity index (χ1n) is 4.91. The first-order valence-corrected chi connectivity index (χ1v) is 6.08. The predicted octanol–water partition coefficient (Wildman–Crippen LogP) is 3.09. The highest BCUT2D eigenvalue weighted by atomic mass is 79.9. The van der Waals surface area contributed by atoms with Crippen LogP contribution in [0.4, 0.5) is 11.8 Å². The van der Waals surface area contributed by atoms with Gasteiger partial charge in [0.15, 0.2) is 0 Å². The highest BCUT2D eigenvalue weighted by Gasteiger charge is 2.02. The Kier molecular flexibility index (Phi) is 3.81. The van der Waals surface area contributed by atoms with Crippen LogP contribution in [0.5, 0.6) is 0 Å². The smallest absolute Gasteiger partial charge is 0.221 e. The Bertz CT molecular complexity index is 515. The molecule has 0 saturated carbocycles. The molecule has 1 aromatic carbocycles. The van der Waals surface area contributed by atoms with Crippen molar-refractivity contribution in [1.82, 2.24) is 9.97 Å². The molecular weight excluding hydrogens is 304 g/mol. The lowest BCUT2D eigenvalue weighted by molar-refractivity contribution is 1.08. The summed E-state index contributed by atoms with van der Waals surface area (Å²) in [6.45, 7) is 0.645. The third kappa shape index (κ3) is 3.31. The van der Waals surface area contributed by atoms with Gasteiger partial charge in [-0.2, -0.15) is 4.98 Å². The molecule has 88 valence electrons. The van der Waals surface area contributed by atoms with E-state index in [1.54, 1.807) is 6.20 Å². The van der Waals surface area contributed by atoms with E-state index in [0.717, 1.165) is 15.1 Å². The lowest BCUT2D eigenvalue weighted by Crippen LogP contribution is -2.04. The van der Waals surface area contributed by atoms with Gasteiger partial charge in [0.1, 0.15) is 5.82 Å². The van der Waals surface area contributed by atoms with Gasteiger partial charge in [-0.05, 0) is 33.6 Å². The summed E-state index contributed by atoms with van der Waals surface area (Å²) in [7, 11) is 0. The molecule has 17 heavy (non-hydrogen) atoms. The highest BCUT2D eigenvalue weighted by molar-refractivity contribution is 9.10. The van der Waals surface area contributed by atoms with E-state index >= 15 is 0 Å². The van der Waals surface area contributed by atoms with Crippen molar-refractivity contribution in [2.24, 2.45) is 0 Å². The Morgan fingerprint density at radius 3 is 2.71 bits per heavy atom. The molecule has 4 nitrogen and oxygen atoms in total. The quantitative estimate of drug-likeness (QED) is 0.914. The van der Waals surface area contributed by atoms with Gasteiger partial charge in [-0.1, -0.05) is 23.7 Å². The Balaban J connectivity index is 2.07. The number of nitrogens with one attached hydrogen (secondary N) is 1. The number of hydrogen-bond acceptors (Lipinski definition) is 4. The summed E-state index contributed by atoms with van der Waals surface area (Å²) in [6, 6.07) is 7.60. The number of benzene rings is 1. The molecule has 0 bridgehead atoms. The number of hydrogen-bond donors (Lipinski definition) is 2. The topological polar surface area (TPSA) is 63.8 Å². The molecule has 3 N–H and O–H groups in total. The van der Waals surface area contributed by atoms with Gasteiger partial charge >= 0.3 is 0 Å². The largest absolute Gasteiger partial charge is 0.368 e. The maximum Gasteiger partial charge on any atom is 0.221 e. The Morgan fingerprint density at radius 2 is 2.00 bits per heavy atom. The van der Waals surface area contributed by atoms with Crippen molar-refractivity contribution < 1.29 is 0 Å². The molecule has 2 aromatic rings. The molecule has 0 fully saturated rings. The summed E-state index contributed by atoms with van der Waals surface area (Å²) in [6.07, 6.45) is 1.62. The van der Waals surface area contributed by atoms with Crippen LogP contribution in [-0.4, -0.2) is 9.97 Å². The van der Waals surface area contributed by atoms with Crippen molar-refractivity contribution in [1.29, 1.82) is 0 Å². The minimum absolute atomic E-state index is 0.242. The van der Waals surface area contributed by atoms with Gasteiger partial charge in [-0.15, -0.1) is 0 Å². The van der Waals surface area contributed by atoms with Crippen LogP contribution in [0.15, 0.2) is 34.9 Å². The molecule has 0 radical (unpaired) electrons. The summed E-state index contributed by atoms with van der Waals surface area (Å²) < 4.78 is 0.778. The maximum absolute atomic E-state index is 5.81. The number of nitrogen functional groups attached to an aromatic ring is 1. The van der Waals surface area contributed by atoms with E-state index in [1.807, 2.05) is 24.3 Å². The highest BCUT2D eigenvalue weighted by Crippen LogP contribution is 2.20.